The molecule has 2 aromatic rings. The van der Waals surface area contributed by atoms with Crippen LogP contribution in [0.1, 0.15) is 17.5 Å². The van der Waals surface area contributed by atoms with Crippen molar-refractivity contribution in [3.8, 4) is 11.3 Å². The molecule has 1 amide bonds. The molecule has 0 radical (unpaired) electrons. The Kier molecular flexibility index (Phi) is 4.51. The predicted octanol–water partition coefficient (Wildman–Crippen LogP) is 0.996. The normalized spacial score (nSPS) is 14.7. The van der Waals surface area contributed by atoms with Crippen LogP contribution in [0.2, 0.25) is 0 Å². The minimum atomic E-state index is -1.32. The van der Waals surface area contributed by atoms with Gasteiger partial charge in [0.25, 0.3) is 0 Å². The zero-order valence-corrected chi connectivity index (χ0v) is 13.3. The molecule has 1 aliphatic carbocycles. The van der Waals surface area contributed by atoms with Crippen LogP contribution < -0.4 is 11.1 Å². The molecule has 1 aromatic carbocycles. The third-order valence-electron chi connectivity index (χ3n) is 4.29. The lowest BCUT2D eigenvalue weighted by molar-refractivity contribution is -0.140. The lowest BCUT2D eigenvalue weighted by Crippen LogP contribution is -2.40. The number of primary amides is 1. The number of hydrogen-bond acceptors (Lipinski definition) is 6. The molecule has 1 aliphatic rings. The number of nitrogens with zero attached hydrogens (tertiary/aromatic N) is 1. The van der Waals surface area contributed by atoms with Crippen LogP contribution in [-0.4, -0.2) is 34.5 Å². The molecule has 1 aromatic heterocycles. The Hall–Kier alpha value is -3.16. The zero-order chi connectivity index (χ0) is 18.0. The largest absolute Gasteiger partial charge is 0.480 e. The van der Waals surface area contributed by atoms with Gasteiger partial charge in [0, 0.05) is 17.5 Å². The van der Waals surface area contributed by atoms with Gasteiger partial charge in [-0.2, -0.15) is 0 Å². The molecule has 1 unspecified atom stereocenters. The summed E-state index contributed by atoms with van der Waals surface area (Å²) in [5, 5.41) is 16.1. The van der Waals surface area contributed by atoms with Crippen molar-refractivity contribution in [1.29, 1.82) is 0 Å². The highest BCUT2D eigenvalue weighted by atomic mass is 16.5. The average molecular weight is 343 g/mol. The smallest absolute Gasteiger partial charge is 0.326 e. The van der Waals surface area contributed by atoms with Crippen LogP contribution >= 0.6 is 0 Å². The first-order valence-electron chi connectivity index (χ1n) is 7.81. The topological polar surface area (TPSA) is 136 Å². The number of fused-ring (bicyclic) bond motifs is 3. The van der Waals surface area contributed by atoms with E-state index < -0.39 is 23.8 Å². The number of anilines is 1. The molecule has 0 spiro atoms. The number of nitrogens with one attached hydrogen (secondary N) is 1. The first-order chi connectivity index (χ1) is 12.0. The van der Waals surface area contributed by atoms with E-state index in [4.69, 9.17) is 10.3 Å². The van der Waals surface area contributed by atoms with Crippen LogP contribution in [0.5, 0.6) is 0 Å². The van der Waals surface area contributed by atoms with Gasteiger partial charge in [-0.05, 0) is 18.4 Å². The second-order valence-electron chi connectivity index (χ2n) is 5.93. The van der Waals surface area contributed by atoms with Gasteiger partial charge in [-0.15, -0.1) is 0 Å². The second-order valence-corrected chi connectivity index (χ2v) is 5.93. The number of rotatable bonds is 7. The molecule has 0 fully saturated rings. The van der Waals surface area contributed by atoms with Crippen LogP contribution in [0.3, 0.4) is 0 Å². The third-order valence-corrected chi connectivity index (χ3v) is 4.29. The van der Waals surface area contributed by atoms with Crippen molar-refractivity contribution in [2.75, 3.05) is 5.32 Å². The number of carboxylic acid groups (broad SMARTS) is 1. The summed E-state index contributed by atoms with van der Waals surface area (Å²) in [7, 11) is 0. The lowest BCUT2D eigenvalue weighted by Gasteiger charge is -2.20. The van der Waals surface area contributed by atoms with Gasteiger partial charge >= 0.3 is 5.97 Å². The highest BCUT2D eigenvalue weighted by Crippen LogP contribution is 2.37. The van der Waals surface area contributed by atoms with E-state index in [9.17, 15) is 19.5 Å². The van der Waals surface area contributed by atoms with E-state index in [1.807, 2.05) is 24.3 Å². The van der Waals surface area contributed by atoms with E-state index >= 15 is 0 Å². The first-order valence-corrected chi connectivity index (χ1v) is 7.81. The number of nitrogens with two attached hydrogens (primary N) is 1. The number of benzene rings is 1. The number of carbonyl (C=O) groups is 3. The van der Waals surface area contributed by atoms with Crippen molar-refractivity contribution in [1.82, 2.24) is 5.16 Å². The van der Waals surface area contributed by atoms with Crippen molar-refractivity contribution in [2.24, 2.45) is 11.7 Å². The van der Waals surface area contributed by atoms with Crippen LogP contribution in [0, 0.1) is 5.92 Å². The van der Waals surface area contributed by atoms with Crippen LogP contribution in [0.4, 0.5) is 5.82 Å². The highest BCUT2D eigenvalue weighted by molar-refractivity contribution is 5.86. The number of aryl methyl sites for hydroxylation is 1. The van der Waals surface area contributed by atoms with Crippen molar-refractivity contribution in [2.45, 2.75) is 25.3 Å². The fraction of sp³-hybridized carbons (Fsp3) is 0.294. The standard InChI is InChI=1S/C17H17N3O5/c18-13(22)7-10(8-21)14(17(23)24)19-16-12-6-5-9-3-1-2-4-11(9)15(12)25-20-16/h1-4,8,10,14H,5-7H2,(H2,18,22)(H,19,20)(H,23,24)/t10?,14-/m0/s1. The molecular weight excluding hydrogens is 326 g/mol. The van der Waals surface area contributed by atoms with E-state index in [0.29, 0.717) is 18.5 Å². The molecule has 0 saturated carbocycles. The van der Waals surface area contributed by atoms with E-state index in [1.54, 1.807) is 0 Å². The Bertz CT molecular complexity index is 829. The van der Waals surface area contributed by atoms with Gasteiger partial charge in [-0.3, -0.25) is 4.79 Å². The van der Waals surface area contributed by atoms with Gasteiger partial charge in [0.05, 0.1) is 5.92 Å². The Morgan fingerprint density at radius 1 is 1.36 bits per heavy atom. The Morgan fingerprint density at radius 3 is 2.80 bits per heavy atom. The molecule has 0 bridgehead atoms. The molecule has 1 heterocycles. The summed E-state index contributed by atoms with van der Waals surface area (Å²) in [6.07, 6.45) is 1.45. The van der Waals surface area contributed by atoms with Gasteiger partial charge < -0.3 is 25.5 Å². The van der Waals surface area contributed by atoms with Crippen molar-refractivity contribution in [3.63, 3.8) is 0 Å². The average Bonchev–Trinajstić information content (AvgIpc) is 3.00. The molecule has 0 aliphatic heterocycles. The van der Waals surface area contributed by atoms with Crippen molar-refractivity contribution in [3.05, 3.63) is 35.4 Å². The van der Waals surface area contributed by atoms with Gasteiger partial charge in [0.2, 0.25) is 5.91 Å². The highest BCUT2D eigenvalue weighted by Gasteiger charge is 2.32. The molecule has 3 rings (SSSR count). The lowest BCUT2D eigenvalue weighted by atomic mass is 9.90. The maximum absolute atomic E-state index is 11.5. The summed E-state index contributed by atoms with van der Waals surface area (Å²) in [5.74, 6) is -2.26. The summed E-state index contributed by atoms with van der Waals surface area (Å²) in [6, 6.07) is 6.43. The summed E-state index contributed by atoms with van der Waals surface area (Å²) >= 11 is 0. The van der Waals surface area contributed by atoms with Gasteiger partial charge in [-0.1, -0.05) is 29.4 Å². The molecule has 25 heavy (non-hydrogen) atoms. The van der Waals surface area contributed by atoms with Gasteiger partial charge in [-0.25, -0.2) is 4.79 Å². The Labute approximate surface area is 143 Å². The summed E-state index contributed by atoms with van der Waals surface area (Å²) in [5.41, 5.74) is 7.90. The molecule has 4 N–H and O–H groups in total. The van der Waals surface area contributed by atoms with Gasteiger partial charge in [0.15, 0.2) is 11.6 Å². The number of amides is 1. The fourth-order valence-electron chi connectivity index (χ4n) is 3.06. The minimum Gasteiger partial charge on any atom is -0.480 e. The minimum absolute atomic E-state index is 0.272. The van der Waals surface area contributed by atoms with E-state index in [-0.39, 0.29) is 12.2 Å². The number of aromatic nitrogens is 1. The summed E-state index contributed by atoms with van der Waals surface area (Å²) in [6.45, 7) is 0. The number of carbonyl (C=O) groups excluding carboxylic acids is 2. The maximum Gasteiger partial charge on any atom is 0.326 e. The predicted molar refractivity (Wildman–Crippen MR) is 87.8 cm³/mol. The third kappa shape index (κ3) is 3.23. The van der Waals surface area contributed by atoms with E-state index in [1.165, 1.54) is 0 Å². The monoisotopic (exact) mass is 343 g/mol. The first kappa shape index (κ1) is 16.7. The molecule has 2 atom stereocenters. The van der Waals surface area contributed by atoms with Crippen molar-refractivity contribution >= 4 is 24.0 Å². The number of aldehydes is 1. The zero-order valence-electron chi connectivity index (χ0n) is 13.3. The molecule has 0 saturated heterocycles. The summed E-state index contributed by atoms with van der Waals surface area (Å²) in [4.78, 5) is 33.8. The van der Waals surface area contributed by atoms with Crippen LogP contribution in [0.15, 0.2) is 28.8 Å². The molecule has 8 nitrogen and oxygen atoms in total. The Morgan fingerprint density at radius 2 is 2.12 bits per heavy atom. The quantitative estimate of drug-likeness (QED) is 0.638. The number of carboxylic acids is 1. The Balaban J connectivity index is 1.90. The SMILES string of the molecule is NC(=O)CC(C=O)[C@H](Nc1noc2c1CCc1ccccc1-2)C(=O)O. The molecule has 130 valence electrons. The van der Waals surface area contributed by atoms with E-state index in [2.05, 4.69) is 10.5 Å². The van der Waals surface area contributed by atoms with Gasteiger partial charge in [0.1, 0.15) is 12.3 Å². The van der Waals surface area contributed by atoms with Crippen LogP contribution in [-0.2, 0) is 27.2 Å². The number of aliphatic carboxylic acids is 1. The number of hydrogen-bond donors (Lipinski definition) is 3. The fourth-order valence-corrected chi connectivity index (χ4v) is 3.06. The van der Waals surface area contributed by atoms with E-state index in [0.717, 1.165) is 23.1 Å². The second kappa shape index (κ2) is 6.76. The van der Waals surface area contributed by atoms with Crippen molar-refractivity contribution < 1.29 is 24.0 Å². The van der Waals surface area contributed by atoms with Crippen LogP contribution in [0.25, 0.3) is 11.3 Å². The summed E-state index contributed by atoms with van der Waals surface area (Å²) < 4.78 is 5.40. The molecular formula is C17H17N3O5. The maximum atomic E-state index is 11.5. The molecule has 8 heteroatoms.